The van der Waals surface area contributed by atoms with Gasteiger partial charge in [-0.25, -0.2) is 0 Å². The Morgan fingerprint density at radius 1 is 1.29 bits per heavy atom. The number of carbonyl (C=O) groups is 1. The number of methoxy groups -OCH3 is 1. The fourth-order valence-electron chi connectivity index (χ4n) is 1.98. The Morgan fingerprint density at radius 3 is 2.82 bits per heavy atom. The van der Waals surface area contributed by atoms with Gasteiger partial charge >= 0.3 is 0 Å². The first-order valence-electron chi connectivity index (χ1n) is 6.24. The van der Waals surface area contributed by atoms with E-state index in [1.165, 1.54) is 19.3 Å². The maximum absolute atomic E-state index is 11.6. The predicted molar refractivity (Wildman–Crippen MR) is 70.4 cm³/mol. The molecule has 1 N–H and O–H groups in total. The summed E-state index contributed by atoms with van der Waals surface area (Å²) in [6.45, 7) is 1.11. The molecule has 1 fully saturated rings. The molecule has 1 saturated carbocycles. The molecule has 2 unspecified atom stereocenters. The molecule has 0 aromatic heterocycles. The Morgan fingerprint density at radius 2 is 2.06 bits per heavy atom. The van der Waals surface area contributed by atoms with Crippen LogP contribution in [0.2, 0.25) is 0 Å². The highest BCUT2D eigenvalue weighted by molar-refractivity contribution is 9.09. The summed E-state index contributed by atoms with van der Waals surface area (Å²) < 4.78 is 10.0. The third-order valence-electron chi connectivity index (χ3n) is 2.94. The van der Waals surface area contributed by atoms with E-state index in [-0.39, 0.29) is 18.6 Å². The van der Waals surface area contributed by atoms with Gasteiger partial charge in [0.15, 0.2) is 0 Å². The number of rotatable bonds is 6. The van der Waals surface area contributed by atoms with E-state index in [1.54, 1.807) is 7.11 Å². The van der Waals surface area contributed by atoms with Crippen LogP contribution >= 0.6 is 15.9 Å². The molecule has 100 valence electrons. The highest BCUT2D eigenvalue weighted by atomic mass is 79.9. The molecule has 0 radical (unpaired) electrons. The van der Waals surface area contributed by atoms with Crippen LogP contribution in [-0.4, -0.2) is 43.7 Å². The lowest BCUT2D eigenvalue weighted by Crippen LogP contribution is -2.42. The van der Waals surface area contributed by atoms with Gasteiger partial charge in [0.1, 0.15) is 6.61 Å². The Balaban J connectivity index is 2.19. The fourth-order valence-corrected chi connectivity index (χ4v) is 2.70. The molecule has 4 nitrogen and oxygen atoms in total. The third kappa shape index (κ3) is 6.38. The quantitative estimate of drug-likeness (QED) is 0.463. The molecule has 17 heavy (non-hydrogen) atoms. The second-order valence-electron chi connectivity index (χ2n) is 4.37. The summed E-state index contributed by atoms with van der Waals surface area (Å²) in [5, 5.41) is 3.03. The van der Waals surface area contributed by atoms with Crippen molar-refractivity contribution in [1.82, 2.24) is 5.32 Å². The van der Waals surface area contributed by atoms with Crippen molar-refractivity contribution in [2.24, 2.45) is 0 Å². The van der Waals surface area contributed by atoms with Gasteiger partial charge in [-0.3, -0.25) is 4.79 Å². The van der Waals surface area contributed by atoms with Crippen molar-refractivity contribution in [3.63, 3.8) is 0 Å². The van der Waals surface area contributed by atoms with E-state index < -0.39 is 0 Å². The highest BCUT2D eigenvalue weighted by Crippen LogP contribution is 2.23. The average molecular weight is 308 g/mol. The van der Waals surface area contributed by atoms with Crippen LogP contribution in [0.4, 0.5) is 0 Å². The zero-order chi connectivity index (χ0) is 12.5. The molecule has 5 heteroatoms. The molecule has 1 rings (SSSR count). The molecule has 0 spiro atoms. The molecule has 0 saturated heterocycles. The predicted octanol–water partition coefficient (Wildman–Crippen LogP) is 1.86. The summed E-state index contributed by atoms with van der Waals surface area (Å²) in [4.78, 5) is 12.0. The Bertz CT molecular complexity index is 226. The Labute approximate surface area is 112 Å². The lowest BCUT2D eigenvalue weighted by molar-refractivity contribution is -0.126. The van der Waals surface area contributed by atoms with Crippen LogP contribution in [0.3, 0.4) is 0 Å². The van der Waals surface area contributed by atoms with Gasteiger partial charge in [-0.1, -0.05) is 35.2 Å². The van der Waals surface area contributed by atoms with Crippen molar-refractivity contribution >= 4 is 21.8 Å². The Kier molecular flexibility index (Phi) is 7.81. The zero-order valence-electron chi connectivity index (χ0n) is 10.4. The van der Waals surface area contributed by atoms with E-state index >= 15 is 0 Å². The van der Waals surface area contributed by atoms with Crippen LogP contribution in [0.5, 0.6) is 0 Å². The molecular formula is C12H22BrNO3. The second-order valence-corrected chi connectivity index (χ2v) is 5.55. The third-order valence-corrected chi connectivity index (χ3v) is 4.04. The summed E-state index contributed by atoms with van der Waals surface area (Å²) in [6, 6.07) is 0.246. The standard InChI is InChI=1S/C12H22BrNO3/c1-16-7-8-17-9-12(15)14-11-6-4-2-3-5-10(11)13/h10-11H,2-9H2,1H3,(H,14,15). The van der Waals surface area contributed by atoms with Crippen molar-refractivity contribution < 1.29 is 14.3 Å². The first-order chi connectivity index (χ1) is 8.24. The van der Waals surface area contributed by atoms with Gasteiger partial charge in [-0.2, -0.15) is 0 Å². The smallest absolute Gasteiger partial charge is 0.246 e. The number of alkyl halides is 1. The number of amides is 1. The molecule has 1 aliphatic rings. The monoisotopic (exact) mass is 307 g/mol. The molecule has 1 amide bonds. The molecule has 0 aliphatic heterocycles. The van der Waals surface area contributed by atoms with E-state index in [2.05, 4.69) is 21.2 Å². The SMILES string of the molecule is COCCOCC(=O)NC1CCCCCC1Br. The number of ether oxygens (including phenoxy) is 2. The van der Waals surface area contributed by atoms with Crippen LogP contribution in [0.25, 0.3) is 0 Å². The van der Waals surface area contributed by atoms with Gasteiger partial charge in [-0.15, -0.1) is 0 Å². The van der Waals surface area contributed by atoms with Crippen LogP contribution in [0.15, 0.2) is 0 Å². The van der Waals surface area contributed by atoms with E-state index in [1.807, 2.05) is 0 Å². The van der Waals surface area contributed by atoms with Crippen LogP contribution in [-0.2, 0) is 14.3 Å². The molecule has 0 bridgehead atoms. The van der Waals surface area contributed by atoms with Crippen LogP contribution in [0, 0.1) is 0 Å². The first-order valence-corrected chi connectivity index (χ1v) is 7.15. The lowest BCUT2D eigenvalue weighted by atomic mass is 10.1. The van der Waals surface area contributed by atoms with Crippen molar-refractivity contribution in [3.05, 3.63) is 0 Å². The molecular weight excluding hydrogens is 286 g/mol. The fraction of sp³-hybridized carbons (Fsp3) is 0.917. The number of hydrogen-bond donors (Lipinski definition) is 1. The molecule has 0 aromatic rings. The van der Waals surface area contributed by atoms with Crippen molar-refractivity contribution in [1.29, 1.82) is 0 Å². The molecule has 2 atom stereocenters. The number of nitrogens with one attached hydrogen (secondary N) is 1. The van der Waals surface area contributed by atoms with Crippen LogP contribution < -0.4 is 5.32 Å². The number of hydrogen-bond acceptors (Lipinski definition) is 3. The van der Waals surface area contributed by atoms with E-state index in [9.17, 15) is 4.79 Å². The van der Waals surface area contributed by atoms with Crippen LogP contribution in [0.1, 0.15) is 32.1 Å². The van der Waals surface area contributed by atoms with Crippen molar-refractivity contribution in [2.45, 2.75) is 43.0 Å². The highest BCUT2D eigenvalue weighted by Gasteiger charge is 2.22. The maximum Gasteiger partial charge on any atom is 0.246 e. The first kappa shape index (κ1) is 14.9. The van der Waals surface area contributed by atoms with Crippen molar-refractivity contribution in [2.75, 3.05) is 26.9 Å². The maximum atomic E-state index is 11.6. The van der Waals surface area contributed by atoms with Crippen molar-refractivity contribution in [3.8, 4) is 0 Å². The zero-order valence-corrected chi connectivity index (χ0v) is 12.0. The lowest BCUT2D eigenvalue weighted by Gasteiger charge is -2.21. The second kappa shape index (κ2) is 8.89. The normalized spacial score (nSPS) is 25.3. The topological polar surface area (TPSA) is 47.6 Å². The summed E-state index contributed by atoms with van der Waals surface area (Å²) in [5.41, 5.74) is 0. The summed E-state index contributed by atoms with van der Waals surface area (Å²) >= 11 is 3.65. The van der Waals surface area contributed by atoms with E-state index in [0.717, 1.165) is 12.8 Å². The minimum absolute atomic E-state index is 0.0301. The Hall–Kier alpha value is -0.130. The van der Waals surface area contributed by atoms with E-state index in [4.69, 9.17) is 9.47 Å². The van der Waals surface area contributed by atoms with Gasteiger partial charge < -0.3 is 14.8 Å². The molecule has 0 heterocycles. The van der Waals surface area contributed by atoms with Gasteiger partial charge in [-0.05, 0) is 12.8 Å². The van der Waals surface area contributed by atoms with Gasteiger partial charge in [0.2, 0.25) is 5.91 Å². The summed E-state index contributed by atoms with van der Waals surface area (Å²) in [7, 11) is 1.62. The summed E-state index contributed by atoms with van der Waals surface area (Å²) in [6.07, 6.45) is 5.89. The molecule has 1 aliphatic carbocycles. The summed E-state index contributed by atoms with van der Waals surface area (Å²) in [5.74, 6) is -0.0301. The minimum atomic E-state index is -0.0301. The number of halogens is 1. The van der Waals surface area contributed by atoms with Gasteiger partial charge in [0.25, 0.3) is 0 Å². The van der Waals surface area contributed by atoms with Gasteiger partial charge in [0, 0.05) is 18.0 Å². The molecule has 0 aromatic carbocycles. The largest absolute Gasteiger partial charge is 0.382 e. The van der Waals surface area contributed by atoms with Gasteiger partial charge in [0.05, 0.1) is 13.2 Å². The average Bonchev–Trinajstić information content (AvgIpc) is 2.51. The minimum Gasteiger partial charge on any atom is -0.382 e. The van der Waals surface area contributed by atoms with E-state index in [0.29, 0.717) is 18.0 Å². The number of carbonyl (C=O) groups excluding carboxylic acids is 1.